The topological polar surface area (TPSA) is 39.4 Å². The lowest BCUT2D eigenvalue weighted by atomic mass is 10.4. The normalized spacial score (nSPS) is 10.8. The van der Waals surface area contributed by atoms with E-state index in [2.05, 4.69) is 17.0 Å². The van der Waals surface area contributed by atoms with Crippen LogP contribution in [-0.2, 0) is 0 Å². The Bertz CT molecular complexity index is 455. The molecule has 4 nitrogen and oxygen atoms in total. The number of hydrogen-bond acceptors (Lipinski definition) is 3. The van der Waals surface area contributed by atoms with Crippen molar-refractivity contribution in [2.75, 3.05) is 6.61 Å². The molecule has 2 aromatic rings. The van der Waals surface area contributed by atoms with E-state index in [9.17, 15) is 0 Å². The van der Waals surface area contributed by atoms with Crippen molar-refractivity contribution >= 4 is 17.2 Å². The monoisotopic (exact) mass is 225 g/mol. The Labute approximate surface area is 92.8 Å². The quantitative estimate of drug-likeness (QED) is 0.751. The third-order valence-electron chi connectivity index (χ3n) is 2.05. The van der Waals surface area contributed by atoms with E-state index in [1.807, 2.05) is 0 Å². The van der Waals surface area contributed by atoms with Gasteiger partial charge in [0, 0.05) is 18.5 Å². The van der Waals surface area contributed by atoms with Crippen LogP contribution in [0.4, 0.5) is 0 Å². The molecule has 0 aliphatic heterocycles. The number of halogens is 1. The average molecular weight is 226 g/mol. The molecular formula is C10H12ClN3O. The van der Waals surface area contributed by atoms with Crippen molar-refractivity contribution in [1.29, 1.82) is 0 Å². The van der Waals surface area contributed by atoms with Crippen molar-refractivity contribution in [2.24, 2.45) is 0 Å². The van der Waals surface area contributed by atoms with Crippen LogP contribution >= 0.6 is 11.6 Å². The van der Waals surface area contributed by atoms with Crippen LogP contribution in [0.25, 0.3) is 5.65 Å². The predicted molar refractivity (Wildman–Crippen MR) is 58.4 cm³/mol. The molecule has 0 aliphatic carbocycles. The molecule has 0 unspecified atom stereocenters. The van der Waals surface area contributed by atoms with Crippen LogP contribution in [0.15, 0.2) is 18.5 Å². The van der Waals surface area contributed by atoms with E-state index < -0.39 is 0 Å². The second kappa shape index (κ2) is 4.49. The molecule has 0 atom stereocenters. The zero-order valence-corrected chi connectivity index (χ0v) is 9.24. The Kier molecular flexibility index (Phi) is 3.06. The van der Waals surface area contributed by atoms with Gasteiger partial charge < -0.3 is 4.74 Å². The summed E-state index contributed by atoms with van der Waals surface area (Å²) in [5, 5.41) is 4.47. The number of unbranched alkanes of at least 4 members (excludes halogenated alkanes) is 1. The van der Waals surface area contributed by atoms with Gasteiger partial charge in [-0.3, -0.25) is 0 Å². The zero-order chi connectivity index (χ0) is 10.7. The van der Waals surface area contributed by atoms with Gasteiger partial charge in [-0.05, 0) is 6.42 Å². The highest BCUT2D eigenvalue weighted by Gasteiger charge is 2.06. The van der Waals surface area contributed by atoms with Crippen molar-refractivity contribution in [1.82, 2.24) is 14.6 Å². The number of imidazole rings is 1. The molecule has 0 amide bonds. The summed E-state index contributed by atoms with van der Waals surface area (Å²) in [6, 6.07) is 1.69. The molecule has 0 radical (unpaired) electrons. The van der Waals surface area contributed by atoms with Gasteiger partial charge >= 0.3 is 0 Å². The van der Waals surface area contributed by atoms with Gasteiger partial charge in [-0.2, -0.15) is 5.10 Å². The van der Waals surface area contributed by atoms with Crippen LogP contribution in [0.2, 0.25) is 5.15 Å². The first-order valence-electron chi connectivity index (χ1n) is 4.94. The minimum absolute atomic E-state index is 0.409. The summed E-state index contributed by atoms with van der Waals surface area (Å²) in [5.41, 5.74) is 0.704. The number of fused-ring (bicyclic) bond motifs is 1. The standard InChI is InChI=1S/C10H12ClN3O/c1-2-3-6-15-8-7-9(11)13-14-5-4-12-10(8)14/h4-5,7H,2-3,6H2,1H3. The van der Waals surface area contributed by atoms with Crippen LogP contribution in [0.3, 0.4) is 0 Å². The van der Waals surface area contributed by atoms with Gasteiger partial charge in [-0.15, -0.1) is 0 Å². The molecule has 0 fully saturated rings. The van der Waals surface area contributed by atoms with E-state index in [4.69, 9.17) is 16.3 Å². The fraction of sp³-hybridized carbons (Fsp3) is 0.400. The predicted octanol–water partition coefficient (Wildman–Crippen LogP) is 2.56. The maximum atomic E-state index is 5.85. The third-order valence-corrected chi connectivity index (χ3v) is 2.24. The fourth-order valence-corrected chi connectivity index (χ4v) is 1.47. The third kappa shape index (κ3) is 2.21. The first-order chi connectivity index (χ1) is 7.31. The van der Waals surface area contributed by atoms with E-state index in [0.29, 0.717) is 23.2 Å². The minimum Gasteiger partial charge on any atom is -0.490 e. The van der Waals surface area contributed by atoms with Gasteiger partial charge in [-0.1, -0.05) is 24.9 Å². The van der Waals surface area contributed by atoms with E-state index in [1.54, 1.807) is 23.0 Å². The lowest BCUT2D eigenvalue weighted by molar-refractivity contribution is 0.310. The SMILES string of the molecule is CCCCOc1cc(Cl)nn2ccnc12. The fourth-order valence-electron chi connectivity index (χ4n) is 1.29. The van der Waals surface area contributed by atoms with Gasteiger partial charge in [0.15, 0.2) is 16.5 Å². The zero-order valence-electron chi connectivity index (χ0n) is 8.48. The highest BCUT2D eigenvalue weighted by Crippen LogP contribution is 2.20. The number of rotatable bonds is 4. The van der Waals surface area contributed by atoms with E-state index in [-0.39, 0.29) is 0 Å². The van der Waals surface area contributed by atoms with Crippen LogP contribution < -0.4 is 4.74 Å². The number of ether oxygens (including phenoxy) is 1. The summed E-state index contributed by atoms with van der Waals surface area (Å²) in [6.07, 6.45) is 5.54. The average Bonchev–Trinajstić information content (AvgIpc) is 2.65. The van der Waals surface area contributed by atoms with E-state index in [0.717, 1.165) is 12.8 Å². The maximum Gasteiger partial charge on any atom is 0.196 e. The Morgan fingerprint density at radius 2 is 2.40 bits per heavy atom. The van der Waals surface area contributed by atoms with E-state index in [1.165, 1.54) is 0 Å². The first-order valence-corrected chi connectivity index (χ1v) is 5.31. The molecule has 0 aliphatic rings. The molecule has 15 heavy (non-hydrogen) atoms. The van der Waals surface area contributed by atoms with Crippen molar-refractivity contribution in [3.8, 4) is 5.75 Å². The number of aromatic nitrogens is 3. The van der Waals surface area contributed by atoms with Gasteiger partial charge in [0.1, 0.15) is 0 Å². The molecule has 80 valence electrons. The van der Waals surface area contributed by atoms with E-state index >= 15 is 0 Å². The maximum absolute atomic E-state index is 5.85. The Morgan fingerprint density at radius 1 is 1.53 bits per heavy atom. The second-order valence-electron chi connectivity index (χ2n) is 3.23. The lowest BCUT2D eigenvalue weighted by Crippen LogP contribution is -2.00. The smallest absolute Gasteiger partial charge is 0.196 e. The molecule has 5 heteroatoms. The molecule has 0 spiro atoms. The highest BCUT2D eigenvalue weighted by atomic mass is 35.5. The van der Waals surface area contributed by atoms with Gasteiger partial charge in [0.25, 0.3) is 0 Å². The highest BCUT2D eigenvalue weighted by molar-refractivity contribution is 6.29. The van der Waals surface area contributed by atoms with Gasteiger partial charge in [0.2, 0.25) is 0 Å². The van der Waals surface area contributed by atoms with Crippen LogP contribution in [0, 0.1) is 0 Å². The van der Waals surface area contributed by atoms with Gasteiger partial charge in [-0.25, -0.2) is 9.50 Å². The second-order valence-corrected chi connectivity index (χ2v) is 3.62. The molecule has 0 aromatic carbocycles. The summed E-state index contributed by atoms with van der Waals surface area (Å²) < 4.78 is 7.21. The van der Waals surface area contributed by atoms with Crippen LogP contribution in [0.5, 0.6) is 5.75 Å². The molecule has 2 heterocycles. The summed E-state index contributed by atoms with van der Waals surface area (Å²) in [5.74, 6) is 0.688. The van der Waals surface area contributed by atoms with Crippen molar-refractivity contribution < 1.29 is 4.74 Å². The van der Waals surface area contributed by atoms with Crippen molar-refractivity contribution in [3.63, 3.8) is 0 Å². The molecule has 0 saturated heterocycles. The number of nitrogens with zero attached hydrogens (tertiary/aromatic N) is 3. The summed E-state index contributed by atoms with van der Waals surface area (Å²) >= 11 is 5.85. The minimum atomic E-state index is 0.409. The summed E-state index contributed by atoms with van der Waals surface area (Å²) in [7, 11) is 0. The lowest BCUT2D eigenvalue weighted by Gasteiger charge is -2.06. The van der Waals surface area contributed by atoms with Crippen molar-refractivity contribution in [2.45, 2.75) is 19.8 Å². The first kappa shape index (κ1) is 10.2. The largest absolute Gasteiger partial charge is 0.490 e. The molecular weight excluding hydrogens is 214 g/mol. The Balaban J connectivity index is 2.27. The summed E-state index contributed by atoms with van der Waals surface area (Å²) in [4.78, 5) is 4.16. The molecule has 2 aromatic heterocycles. The van der Waals surface area contributed by atoms with Crippen LogP contribution in [-0.4, -0.2) is 21.2 Å². The molecule has 0 saturated carbocycles. The van der Waals surface area contributed by atoms with Gasteiger partial charge in [0.05, 0.1) is 6.61 Å². The molecule has 0 bridgehead atoms. The Hall–Kier alpha value is -1.29. The number of hydrogen-bond donors (Lipinski definition) is 0. The Morgan fingerprint density at radius 3 is 3.20 bits per heavy atom. The summed E-state index contributed by atoms with van der Waals surface area (Å²) in [6.45, 7) is 2.80. The van der Waals surface area contributed by atoms with Crippen molar-refractivity contribution in [3.05, 3.63) is 23.6 Å². The molecule has 0 N–H and O–H groups in total. The molecule has 2 rings (SSSR count). The van der Waals surface area contributed by atoms with Crippen LogP contribution in [0.1, 0.15) is 19.8 Å².